The first-order valence-electron chi connectivity index (χ1n) is 7.66. The second kappa shape index (κ2) is 9.01. The number of benzene rings is 2. The number of aliphatic hydroxyl groups excluding tert-OH is 1. The van der Waals surface area contributed by atoms with Crippen molar-refractivity contribution in [3.8, 4) is 0 Å². The Morgan fingerprint density at radius 3 is 2.42 bits per heavy atom. The van der Waals surface area contributed by atoms with Crippen LogP contribution in [0.4, 0.5) is 4.39 Å². The Hall–Kier alpha value is -2.86. The van der Waals surface area contributed by atoms with Crippen LogP contribution in [0, 0.1) is 5.82 Å². The van der Waals surface area contributed by atoms with Crippen molar-refractivity contribution < 1.29 is 23.8 Å². The Labute approximate surface area is 155 Å². The summed E-state index contributed by atoms with van der Waals surface area (Å²) in [6, 6.07) is 12.6. The summed E-state index contributed by atoms with van der Waals surface area (Å²) in [5.41, 5.74) is 1.45. The smallest absolute Gasteiger partial charge is 0.373 e. The van der Waals surface area contributed by atoms with Crippen LogP contribution in [-0.4, -0.2) is 29.0 Å². The highest BCUT2D eigenvalue weighted by atomic mass is 35.5. The molecule has 0 saturated carbocycles. The summed E-state index contributed by atoms with van der Waals surface area (Å²) in [5, 5.41) is 10.1. The van der Waals surface area contributed by atoms with Gasteiger partial charge in [-0.25, -0.2) is 9.18 Å². The number of carbonyl (C=O) groups is 2. The topological polar surface area (TPSA) is 66.8 Å². The van der Waals surface area contributed by atoms with E-state index in [1.807, 2.05) is 0 Å². The van der Waals surface area contributed by atoms with Crippen LogP contribution in [-0.2, 0) is 27.4 Å². The Bertz CT molecular complexity index is 821. The monoisotopic (exact) mass is 377 g/mol. The van der Waals surface area contributed by atoms with Crippen LogP contribution in [0.15, 0.2) is 60.4 Å². The molecule has 0 aliphatic carbocycles. The van der Waals surface area contributed by atoms with Crippen molar-refractivity contribution in [3.63, 3.8) is 0 Å². The van der Waals surface area contributed by atoms with Crippen molar-refractivity contribution >= 4 is 23.5 Å². The maximum atomic E-state index is 13.1. The van der Waals surface area contributed by atoms with Crippen LogP contribution in [0.1, 0.15) is 11.1 Å². The minimum absolute atomic E-state index is 0.149. The van der Waals surface area contributed by atoms with Crippen LogP contribution in [0.25, 0.3) is 0 Å². The highest BCUT2D eigenvalue weighted by Gasteiger charge is 2.17. The van der Waals surface area contributed by atoms with Crippen molar-refractivity contribution in [2.75, 3.05) is 7.11 Å². The molecule has 0 heterocycles. The van der Waals surface area contributed by atoms with E-state index in [0.717, 1.165) is 18.7 Å². The summed E-state index contributed by atoms with van der Waals surface area (Å²) < 4.78 is 17.5. The molecule has 0 atom stereocenters. The summed E-state index contributed by atoms with van der Waals surface area (Å²) in [6.07, 6.45) is 0.792. The van der Waals surface area contributed by atoms with Crippen molar-refractivity contribution in [1.29, 1.82) is 0 Å². The molecule has 1 amide bonds. The highest BCUT2D eigenvalue weighted by Crippen LogP contribution is 2.16. The molecule has 0 spiro atoms. The Kier molecular flexibility index (Phi) is 6.74. The van der Waals surface area contributed by atoms with Gasteiger partial charge in [0.2, 0.25) is 5.76 Å². The van der Waals surface area contributed by atoms with E-state index in [1.54, 1.807) is 36.4 Å². The zero-order valence-electron chi connectivity index (χ0n) is 14.0. The summed E-state index contributed by atoms with van der Waals surface area (Å²) in [7, 11) is 1.10. The van der Waals surface area contributed by atoms with Gasteiger partial charge in [-0.1, -0.05) is 35.9 Å². The number of hydrogen-bond acceptors (Lipinski definition) is 4. The van der Waals surface area contributed by atoms with Gasteiger partial charge in [-0.15, -0.1) is 0 Å². The van der Waals surface area contributed by atoms with E-state index in [-0.39, 0.29) is 18.9 Å². The molecule has 0 aromatic heterocycles. The summed E-state index contributed by atoms with van der Waals surface area (Å²) in [6.45, 7) is 0.332. The zero-order valence-corrected chi connectivity index (χ0v) is 14.7. The first kappa shape index (κ1) is 19.5. The quantitative estimate of drug-likeness (QED) is 0.474. The average molecular weight is 378 g/mol. The van der Waals surface area contributed by atoms with Gasteiger partial charge in [0.05, 0.1) is 13.2 Å². The zero-order chi connectivity index (χ0) is 19.1. The Morgan fingerprint density at radius 2 is 1.81 bits per heavy atom. The van der Waals surface area contributed by atoms with E-state index >= 15 is 0 Å². The fourth-order valence-corrected chi connectivity index (χ4v) is 2.46. The molecule has 136 valence electrons. The fourth-order valence-electron chi connectivity index (χ4n) is 2.25. The van der Waals surface area contributed by atoms with Crippen LogP contribution in [0.2, 0.25) is 5.02 Å². The molecule has 2 rings (SSSR count). The number of methoxy groups -OCH3 is 1. The molecule has 2 aromatic rings. The van der Waals surface area contributed by atoms with Gasteiger partial charge in [0.15, 0.2) is 0 Å². The van der Waals surface area contributed by atoms with Crippen LogP contribution in [0.5, 0.6) is 0 Å². The van der Waals surface area contributed by atoms with Crippen LogP contribution in [0.3, 0.4) is 0 Å². The van der Waals surface area contributed by atoms with Gasteiger partial charge in [0.1, 0.15) is 5.82 Å². The largest absolute Gasteiger partial charge is 0.502 e. The molecular formula is C19H17ClFNO4. The summed E-state index contributed by atoms with van der Waals surface area (Å²) >= 11 is 5.97. The number of halogens is 2. The molecule has 1 N–H and O–H groups in total. The van der Waals surface area contributed by atoms with Crippen LogP contribution < -0.4 is 0 Å². The third-order valence-electron chi connectivity index (χ3n) is 3.52. The molecule has 0 aliphatic rings. The van der Waals surface area contributed by atoms with E-state index in [2.05, 4.69) is 4.74 Å². The number of hydrogen-bond donors (Lipinski definition) is 1. The first-order chi connectivity index (χ1) is 12.4. The maximum absolute atomic E-state index is 13.1. The van der Waals surface area contributed by atoms with Gasteiger partial charge >= 0.3 is 5.97 Å². The molecule has 2 aromatic carbocycles. The lowest BCUT2D eigenvalue weighted by Gasteiger charge is -2.22. The van der Waals surface area contributed by atoms with Crippen LogP contribution >= 0.6 is 11.6 Å². The van der Waals surface area contributed by atoms with Gasteiger partial charge in [-0.05, 0) is 35.4 Å². The third kappa shape index (κ3) is 5.60. The van der Waals surface area contributed by atoms with Crippen molar-refractivity contribution in [2.45, 2.75) is 13.1 Å². The lowest BCUT2D eigenvalue weighted by atomic mass is 10.1. The van der Waals surface area contributed by atoms with E-state index in [4.69, 9.17) is 11.6 Å². The number of aliphatic hydroxyl groups is 1. The van der Waals surface area contributed by atoms with Gasteiger partial charge in [0.25, 0.3) is 5.91 Å². The molecule has 0 aliphatic heterocycles. The highest BCUT2D eigenvalue weighted by molar-refractivity contribution is 6.30. The summed E-state index contributed by atoms with van der Waals surface area (Å²) in [4.78, 5) is 25.2. The van der Waals surface area contributed by atoms with Gasteiger partial charge in [-0.3, -0.25) is 4.79 Å². The molecule has 0 unspecified atom stereocenters. The number of amides is 1. The molecular weight excluding hydrogens is 361 g/mol. The molecule has 5 nitrogen and oxygen atoms in total. The lowest BCUT2D eigenvalue weighted by Crippen LogP contribution is -2.29. The molecule has 0 radical (unpaired) electrons. The minimum atomic E-state index is -1.01. The van der Waals surface area contributed by atoms with Gasteiger partial charge in [-0.2, -0.15) is 0 Å². The third-order valence-corrected chi connectivity index (χ3v) is 3.75. The summed E-state index contributed by atoms with van der Waals surface area (Å²) in [5.74, 6) is -2.79. The first-order valence-corrected chi connectivity index (χ1v) is 8.03. The SMILES string of the molecule is COC(=O)C(O)=CC(=O)N(Cc1ccc(F)cc1)Cc1cccc(Cl)c1. The van der Waals surface area contributed by atoms with Crippen molar-refractivity contribution in [1.82, 2.24) is 4.90 Å². The number of nitrogens with zero attached hydrogens (tertiary/aromatic N) is 1. The normalized spacial score (nSPS) is 11.1. The molecule has 0 fully saturated rings. The minimum Gasteiger partial charge on any atom is -0.502 e. The molecule has 0 bridgehead atoms. The molecule has 7 heteroatoms. The molecule has 26 heavy (non-hydrogen) atoms. The Morgan fingerprint density at radius 1 is 1.15 bits per heavy atom. The average Bonchev–Trinajstić information content (AvgIpc) is 2.62. The number of esters is 1. The predicted molar refractivity (Wildman–Crippen MR) is 94.8 cm³/mol. The lowest BCUT2D eigenvalue weighted by molar-refractivity contribution is -0.139. The van der Waals surface area contributed by atoms with Crippen molar-refractivity contribution in [3.05, 3.63) is 82.3 Å². The van der Waals surface area contributed by atoms with Crippen molar-refractivity contribution in [2.24, 2.45) is 0 Å². The van der Waals surface area contributed by atoms with Gasteiger partial charge < -0.3 is 14.7 Å². The van der Waals surface area contributed by atoms with E-state index in [1.165, 1.54) is 17.0 Å². The van der Waals surface area contributed by atoms with E-state index < -0.39 is 17.6 Å². The molecule has 0 saturated heterocycles. The Balaban J connectivity index is 2.26. The van der Waals surface area contributed by atoms with Gasteiger partial charge in [0, 0.05) is 18.1 Å². The van der Waals surface area contributed by atoms with E-state index in [9.17, 15) is 19.1 Å². The number of rotatable bonds is 6. The predicted octanol–water partition coefficient (Wildman–Crippen LogP) is 3.62. The number of carbonyl (C=O) groups excluding carboxylic acids is 2. The number of ether oxygens (including phenoxy) is 1. The standard InChI is InChI=1S/C19H17ClFNO4/c1-26-19(25)17(23)10-18(24)22(11-13-5-7-16(21)8-6-13)12-14-3-2-4-15(20)9-14/h2-10,23H,11-12H2,1H3. The second-order valence-corrected chi connectivity index (χ2v) is 5.91. The fraction of sp³-hybridized carbons (Fsp3) is 0.158. The second-order valence-electron chi connectivity index (χ2n) is 5.47. The van der Waals surface area contributed by atoms with E-state index in [0.29, 0.717) is 10.6 Å². The maximum Gasteiger partial charge on any atom is 0.373 e.